The van der Waals surface area contributed by atoms with Crippen LogP contribution in [0.2, 0.25) is 0 Å². The molecule has 0 N–H and O–H groups in total. The number of alkyl halides is 1. The second kappa shape index (κ2) is 7.51. The number of halogens is 2. The van der Waals surface area contributed by atoms with E-state index in [1.165, 1.54) is 18.2 Å². The summed E-state index contributed by atoms with van der Waals surface area (Å²) in [6, 6.07) is 7.81. The molecule has 0 fully saturated rings. The molecular weight excluding hydrogens is 293 g/mol. The molecule has 1 heterocycles. The summed E-state index contributed by atoms with van der Waals surface area (Å²) in [6.07, 6.45) is 1.64. The lowest BCUT2D eigenvalue weighted by Crippen LogP contribution is -2.01. The third kappa shape index (κ3) is 4.11. The highest BCUT2D eigenvalue weighted by Gasteiger charge is 2.07. The summed E-state index contributed by atoms with van der Waals surface area (Å²) in [6.45, 7) is 0.248. The molecule has 108 valence electrons. The van der Waals surface area contributed by atoms with E-state index in [1.54, 1.807) is 19.4 Å². The number of hydrogen-bond donors (Lipinski definition) is 0. The number of rotatable bonds is 4. The molecule has 0 unspecified atom stereocenters. The smallest absolute Gasteiger partial charge is 0.219 e. The maximum Gasteiger partial charge on any atom is 0.219 e. The summed E-state index contributed by atoms with van der Waals surface area (Å²) in [5, 5.41) is 0. The lowest BCUT2D eigenvalue weighted by molar-refractivity contribution is 0.292. The fraction of sp³-hybridized carbons (Fsp3) is 0.188. The highest BCUT2D eigenvalue weighted by atomic mass is 35.5. The second-order valence-electron chi connectivity index (χ2n) is 4.04. The van der Waals surface area contributed by atoms with Gasteiger partial charge in [-0.15, -0.1) is 11.6 Å². The van der Waals surface area contributed by atoms with Gasteiger partial charge in [-0.25, -0.2) is 9.37 Å². The van der Waals surface area contributed by atoms with Crippen LogP contribution in [0.25, 0.3) is 0 Å². The Hall–Kier alpha value is -2.25. The van der Waals surface area contributed by atoms with E-state index in [9.17, 15) is 4.39 Å². The molecule has 0 saturated carbocycles. The minimum Gasteiger partial charge on any atom is -0.487 e. The summed E-state index contributed by atoms with van der Waals surface area (Å²) in [5.41, 5.74) is 1.25. The summed E-state index contributed by atoms with van der Waals surface area (Å²) in [7, 11) is 1.54. The van der Waals surface area contributed by atoms with Crippen LogP contribution < -0.4 is 9.47 Å². The predicted molar refractivity (Wildman–Crippen MR) is 79.1 cm³/mol. The number of pyridine rings is 1. The molecule has 0 atom stereocenters. The van der Waals surface area contributed by atoms with Gasteiger partial charge in [0.05, 0.1) is 24.1 Å². The van der Waals surface area contributed by atoms with Gasteiger partial charge < -0.3 is 9.47 Å². The van der Waals surface area contributed by atoms with Crippen LogP contribution in [0.15, 0.2) is 36.5 Å². The van der Waals surface area contributed by atoms with E-state index in [2.05, 4.69) is 16.8 Å². The van der Waals surface area contributed by atoms with Crippen molar-refractivity contribution in [3.63, 3.8) is 0 Å². The highest BCUT2D eigenvalue weighted by molar-refractivity contribution is 6.19. The molecule has 0 bridgehead atoms. The van der Waals surface area contributed by atoms with E-state index in [0.29, 0.717) is 17.2 Å². The van der Waals surface area contributed by atoms with Crippen LogP contribution in [0.4, 0.5) is 4.39 Å². The van der Waals surface area contributed by atoms with Gasteiger partial charge in [0.1, 0.15) is 18.2 Å². The van der Waals surface area contributed by atoms with E-state index in [0.717, 1.165) is 5.56 Å². The fourth-order valence-electron chi connectivity index (χ4n) is 1.73. The number of aromatic nitrogens is 1. The lowest BCUT2D eigenvalue weighted by atomic mass is 10.2. The normalized spacial score (nSPS) is 9.67. The molecule has 1 aromatic carbocycles. The van der Waals surface area contributed by atoms with Crippen molar-refractivity contribution in [1.82, 2.24) is 4.98 Å². The third-order valence-corrected chi connectivity index (χ3v) is 2.79. The van der Waals surface area contributed by atoms with Gasteiger partial charge in [0.25, 0.3) is 0 Å². The van der Waals surface area contributed by atoms with Crippen molar-refractivity contribution in [1.29, 1.82) is 0 Å². The Labute approximate surface area is 127 Å². The monoisotopic (exact) mass is 305 g/mol. The molecule has 5 heteroatoms. The largest absolute Gasteiger partial charge is 0.487 e. The third-order valence-electron chi connectivity index (χ3n) is 2.66. The Morgan fingerprint density at radius 3 is 2.95 bits per heavy atom. The summed E-state index contributed by atoms with van der Waals surface area (Å²) in [5.74, 6) is 6.24. The lowest BCUT2D eigenvalue weighted by Gasteiger charge is -2.10. The van der Waals surface area contributed by atoms with Crippen molar-refractivity contribution in [2.75, 3.05) is 13.0 Å². The van der Waals surface area contributed by atoms with Gasteiger partial charge in [-0.3, -0.25) is 0 Å². The molecule has 21 heavy (non-hydrogen) atoms. The molecule has 1 aromatic heterocycles. The molecular formula is C16H13ClFNO2. The summed E-state index contributed by atoms with van der Waals surface area (Å²) in [4.78, 5) is 4.09. The first-order valence-corrected chi connectivity index (χ1v) is 6.73. The maximum atomic E-state index is 13.3. The maximum absolute atomic E-state index is 13.3. The van der Waals surface area contributed by atoms with Crippen molar-refractivity contribution in [3.05, 3.63) is 53.5 Å². The van der Waals surface area contributed by atoms with Crippen molar-refractivity contribution >= 4 is 11.6 Å². The van der Waals surface area contributed by atoms with Gasteiger partial charge in [-0.2, -0.15) is 0 Å². The Morgan fingerprint density at radius 2 is 2.19 bits per heavy atom. The number of methoxy groups -OCH3 is 1. The van der Waals surface area contributed by atoms with Crippen LogP contribution >= 0.6 is 11.6 Å². The zero-order valence-corrected chi connectivity index (χ0v) is 12.2. The van der Waals surface area contributed by atoms with E-state index in [4.69, 9.17) is 21.1 Å². The zero-order valence-electron chi connectivity index (χ0n) is 11.4. The summed E-state index contributed by atoms with van der Waals surface area (Å²) < 4.78 is 24.1. The van der Waals surface area contributed by atoms with Crippen molar-refractivity contribution in [2.24, 2.45) is 0 Å². The second-order valence-corrected chi connectivity index (χ2v) is 4.30. The molecule has 3 nitrogen and oxygen atoms in total. The first kappa shape index (κ1) is 15.1. The molecule has 0 spiro atoms. The molecule has 0 amide bonds. The molecule has 0 saturated heterocycles. The number of hydrogen-bond acceptors (Lipinski definition) is 3. The van der Waals surface area contributed by atoms with Crippen LogP contribution in [0.3, 0.4) is 0 Å². The Balaban J connectivity index is 2.20. The standard InChI is InChI=1S/C16H13ClFNO2/c1-20-16-13(5-3-9-19-16)11-21-15-7-6-14(18)10-12(15)4-2-8-17/h3,5-7,9-10H,8,11H2,1H3. The number of ether oxygens (including phenoxy) is 2. The number of benzene rings is 1. The van der Waals surface area contributed by atoms with Crippen LogP contribution in [0, 0.1) is 17.7 Å². The average Bonchev–Trinajstić information content (AvgIpc) is 2.52. The Morgan fingerprint density at radius 1 is 1.33 bits per heavy atom. The van der Waals surface area contributed by atoms with Gasteiger partial charge in [-0.05, 0) is 30.3 Å². The van der Waals surface area contributed by atoms with Crippen LogP contribution in [-0.2, 0) is 6.61 Å². The highest BCUT2D eigenvalue weighted by Crippen LogP contribution is 2.22. The van der Waals surface area contributed by atoms with Crippen LogP contribution in [-0.4, -0.2) is 18.0 Å². The Kier molecular flexibility index (Phi) is 5.42. The topological polar surface area (TPSA) is 31.4 Å². The van der Waals surface area contributed by atoms with Crippen molar-refractivity contribution in [3.8, 4) is 23.5 Å². The SMILES string of the molecule is COc1ncccc1COc1ccc(F)cc1C#CCCl. The van der Waals surface area contributed by atoms with E-state index in [-0.39, 0.29) is 18.3 Å². The average molecular weight is 306 g/mol. The van der Waals surface area contributed by atoms with E-state index < -0.39 is 0 Å². The molecule has 0 aliphatic rings. The minimum absolute atomic E-state index is 0.173. The first-order valence-electron chi connectivity index (χ1n) is 6.19. The molecule has 0 aliphatic heterocycles. The van der Waals surface area contributed by atoms with Gasteiger partial charge >= 0.3 is 0 Å². The van der Waals surface area contributed by atoms with E-state index >= 15 is 0 Å². The molecule has 2 aromatic rings. The Bertz CT molecular complexity index is 679. The first-order chi connectivity index (χ1) is 10.2. The predicted octanol–water partition coefficient (Wildman–Crippen LogP) is 3.40. The van der Waals surface area contributed by atoms with Crippen molar-refractivity contribution in [2.45, 2.75) is 6.61 Å². The van der Waals surface area contributed by atoms with Gasteiger partial charge in [0, 0.05) is 6.20 Å². The molecule has 0 aliphatic carbocycles. The molecule has 0 radical (unpaired) electrons. The van der Waals surface area contributed by atoms with Gasteiger partial charge in [0.2, 0.25) is 5.88 Å². The number of nitrogens with zero attached hydrogens (tertiary/aromatic N) is 1. The van der Waals surface area contributed by atoms with Crippen LogP contribution in [0.5, 0.6) is 11.6 Å². The molecule has 2 rings (SSSR count). The quantitative estimate of drug-likeness (QED) is 0.641. The van der Waals surface area contributed by atoms with Gasteiger partial charge in [0.15, 0.2) is 0 Å². The fourth-order valence-corrected chi connectivity index (χ4v) is 1.79. The zero-order chi connectivity index (χ0) is 15.1. The summed E-state index contributed by atoms with van der Waals surface area (Å²) >= 11 is 5.52. The minimum atomic E-state index is -0.375. The van der Waals surface area contributed by atoms with Gasteiger partial charge in [-0.1, -0.05) is 11.8 Å². The van der Waals surface area contributed by atoms with Crippen LogP contribution in [0.1, 0.15) is 11.1 Å². The van der Waals surface area contributed by atoms with E-state index in [1.807, 2.05) is 6.07 Å². The van der Waals surface area contributed by atoms with Crippen molar-refractivity contribution < 1.29 is 13.9 Å².